The van der Waals surface area contributed by atoms with Gasteiger partial charge in [0.1, 0.15) is 11.9 Å². The van der Waals surface area contributed by atoms with Crippen molar-refractivity contribution in [1.29, 1.82) is 0 Å². The van der Waals surface area contributed by atoms with Crippen LogP contribution in [-0.2, 0) is 4.74 Å². The van der Waals surface area contributed by atoms with Crippen molar-refractivity contribution in [3.8, 4) is 5.75 Å². The number of likely N-dealkylation sites (tertiary alicyclic amines) is 1. The van der Waals surface area contributed by atoms with Crippen molar-refractivity contribution in [2.24, 2.45) is 0 Å². The molecule has 1 saturated heterocycles. The molecular formula is C21H27NO2. The highest BCUT2D eigenvalue weighted by molar-refractivity contribution is 5.21. The van der Waals surface area contributed by atoms with Gasteiger partial charge < -0.3 is 14.4 Å². The Labute approximate surface area is 145 Å². The van der Waals surface area contributed by atoms with E-state index in [1.54, 1.807) is 7.11 Å². The Kier molecular flexibility index (Phi) is 6.27. The number of benzene rings is 2. The summed E-state index contributed by atoms with van der Waals surface area (Å²) in [6.45, 7) is 3.27. The molecule has 0 saturated carbocycles. The number of piperidine rings is 1. The molecular weight excluding hydrogens is 298 g/mol. The zero-order chi connectivity index (χ0) is 16.6. The molecule has 0 bridgehead atoms. The summed E-state index contributed by atoms with van der Waals surface area (Å²) in [6.07, 6.45) is 3.75. The van der Waals surface area contributed by atoms with E-state index in [9.17, 15) is 0 Å². The average Bonchev–Trinajstić information content (AvgIpc) is 2.65. The van der Waals surface area contributed by atoms with Crippen LogP contribution in [0.15, 0.2) is 60.7 Å². The topological polar surface area (TPSA) is 21.7 Å². The minimum atomic E-state index is 0.185. The lowest BCUT2D eigenvalue weighted by Gasteiger charge is -2.33. The fraction of sp³-hybridized carbons (Fsp3) is 0.429. The van der Waals surface area contributed by atoms with Crippen LogP contribution in [0.25, 0.3) is 0 Å². The lowest BCUT2D eigenvalue weighted by atomic mass is 10.0. The summed E-state index contributed by atoms with van der Waals surface area (Å²) in [5.41, 5.74) is 1.27. The third-order valence-corrected chi connectivity index (χ3v) is 4.74. The van der Waals surface area contributed by atoms with Crippen LogP contribution in [0.5, 0.6) is 5.75 Å². The highest BCUT2D eigenvalue weighted by Gasteiger charge is 2.21. The summed E-state index contributed by atoms with van der Waals surface area (Å²) in [6, 6.07) is 20.6. The second-order valence-electron chi connectivity index (χ2n) is 6.40. The number of hydrogen-bond acceptors (Lipinski definition) is 3. The molecule has 0 amide bonds. The maximum Gasteiger partial charge on any atom is 0.119 e. The molecule has 1 fully saturated rings. The summed E-state index contributed by atoms with van der Waals surface area (Å²) >= 11 is 0. The number of nitrogens with zero attached hydrogens (tertiary/aromatic N) is 1. The first-order chi connectivity index (χ1) is 11.8. The Morgan fingerprint density at radius 2 is 1.58 bits per heavy atom. The van der Waals surface area contributed by atoms with E-state index in [4.69, 9.17) is 9.47 Å². The van der Waals surface area contributed by atoms with Crippen molar-refractivity contribution in [2.75, 3.05) is 26.7 Å². The molecule has 0 radical (unpaired) electrons. The molecule has 0 N–H and O–H groups in total. The van der Waals surface area contributed by atoms with Gasteiger partial charge in [0.2, 0.25) is 0 Å². The van der Waals surface area contributed by atoms with Gasteiger partial charge in [0.15, 0.2) is 0 Å². The van der Waals surface area contributed by atoms with Crippen LogP contribution >= 0.6 is 0 Å². The van der Waals surface area contributed by atoms with Crippen LogP contribution in [0.1, 0.15) is 30.9 Å². The molecule has 1 atom stereocenters. The number of methoxy groups -OCH3 is 1. The number of para-hydroxylation sites is 1. The molecule has 24 heavy (non-hydrogen) atoms. The van der Waals surface area contributed by atoms with E-state index in [1.807, 2.05) is 36.4 Å². The van der Waals surface area contributed by atoms with E-state index >= 15 is 0 Å². The Morgan fingerprint density at radius 1 is 0.958 bits per heavy atom. The predicted molar refractivity (Wildman–Crippen MR) is 97.3 cm³/mol. The molecule has 3 nitrogen and oxygen atoms in total. The van der Waals surface area contributed by atoms with Crippen molar-refractivity contribution >= 4 is 0 Å². The summed E-state index contributed by atoms with van der Waals surface area (Å²) in [4.78, 5) is 2.53. The van der Waals surface area contributed by atoms with E-state index < -0.39 is 0 Å². The van der Waals surface area contributed by atoms with Gasteiger partial charge in [-0.25, -0.2) is 0 Å². The highest BCUT2D eigenvalue weighted by atomic mass is 16.5. The summed E-state index contributed by atoms with van der Waals surface area (Å²) < 4.78 is 11.7. The van der Waals surface area contributed by atoms with E-state index in [-0.39, 0.29) is 6.10 Å². The number of rotatable bonds is 7. The van der Waals surface area contributed by atoms with Crippen molar-refractivity contribution < 1.29 is 9.47 Å². The van der Waals surface area contributed by atoms with Crippen LogP contribution < -0.4 is 4.74 Å². The molecule has 0 aromatic heterocycles. The second kappa shape index (κ2) is 8.86. The van der Waals surface area contributed by atoms with E-state index in [0.29, 0.717) is 6.10 Å². The smallest absolute Gasteiger partial charge is 0.119 e. The minimum Gasteiger partial charge on any atom is -0.490 e. The number of hydrogen-bond donors (Lipinski definition) is 0. The summed E-state index contributed by atoms with van der Waals surface area (Å²) in [7, 11) is 1.80. The average molecular weight is 325 g/mol. The molecule has 2 aromatic rings. The van der Waals surface area contributed by atoms with Crippen LogP contribution in [0, 0.1) is 0 Å². The first-order valence-corrected chi connectivity index (χ1v) is 8.87. The molecule has 3 rings (SSSR count). The van der Waals surface area contributed by atoms with Crippen LogP contribution in [0.3, 0.4) is 0 Å². The fourth-order valence-corrected chi connectivity index (χ4v) is 3.33. The third-order valence-electron chi connectivity index (χ3n) is 4.74. The minimum absolute atomic E-state index is 0.185. The maximum absolute atomic E-state index is 6.07. The standard InChI is InChI=1S/C21H27NO2/c1-23-21(18-8-4-2-5-9-18)14-17-22-15-12-20(13-16-22)24-19-10-6-3-7-11-19/h2-11,20-21H,12-17H2,1H3. The number of ether oxygens (including phenoxy) is 2. The van der Waals surface area contributed by atoms with Gasteiger partial charge in [-0.1, -0.05) is 48.5 Å². The molecule has 1 aliphatic heterocycles. The van der Waals surface area contributed by atoms with Crippen molar-refractivity contribution in [1.82, 2.24) is 4.90 Å². The lowest BCUT2D eigenvalue weighted by molar-refractivity contribution is 0.0638. The predicted octanol–water partition coefficient (Wildman–Crippen LogP) is 4.31. The summed E-state index contributed by atoms with van der Waals surface area (Å²) in [5, 5.41) is 0. The Hall–Kier alpha value is -1.84. The van der Waals surface area contributed by atoms with Gasteiger partial charge in [-0.2, -0.15) is 0 Å². The van der Waals surface area contributed by atoms with Crippen molar-refractivity contribution in [3.05, 3.63) is 66.2 Å². The Bertz CT molecular complexity index is 579. The molecule has 2 aromatic carbocycles. The second-order valence-corrected chi connectivity index (χ2v) is 6.40. The molecule has 0 aliphatic carbocycles. The van der Waals surface area contributed by atoms with Crippen LogP contribution in [0.2, 0.25) is 0 Å². The Morgan fingerprint density at radius 3 is 2.21 bits per heavy atom. The Balaban J connectivity index is 1.42. The summed E-state index contributed by atoms with van der Waals surface area (Å²) in [5.74, 6) is 0.986. The van der Waals surface area contributed by atoms with Crippen LogP contribution in [0.4, 0.5) is 0 Å². The molecule has 0 spiro atoms. The normalized spacial score (nSPS) is 17.5. The van der Waals surface area contributed by atoms with Crippen LogP contribution in [-0.4, -0.2) is 37.7 Å². The van der Waals surface area contributed by atoms with Gasteiger partial charge in [-0.15, -0.1) is 0 Å². The van der Waals surface area contributed by atoms with Gasteiger partial charge in [0, 0.05) is 26.7 Å². The molecule has 1 aliphatic rings. The first-order valence-electron chi connectivity index (χ1n) is 8.87. The van der Waals surface area contributed by atoms with Gasteiger partial charge >= 0.3 is 0 Å². The van der Waals surface area contributed by atoms with E-state index in [0.717, 1.165) is 44.6 Å². The molecule has 128 valence electrons. The lowest BCUT2D eigenvalue weighted by Crippen LogP contribution is -2.39. The van der Waals surface area contributed by atoms with Gasteiger partial charge in [0.25, 0.3) is 0 Å². The largest absolute Gasteiger partial charge is 0.490 e. The van der Waals surface area contributed by atoms with Gasteiger partial charge in [-0.05, 0) is 37.0 Å². The first kappa shape index (κ1) is 17.0. The van der Waals surface area contributed by atoms with E-state index in [1.165, 1.54) is 5.56 Å². The quantitative estimate of drug-likeness (QED) is 0.757. The molecule has 1 unspecified atom stereocenters. The maximum atomic E-state index is 6.07. The van der Waals surface area contributed by atoms with Gasteiger partial charge in [0.05, 0.1) is 6.10 Å². The van der Waals surface area contributed by atoms with E-state index in [2.05, 4.69) is 29.2 Å². The van der Waals surface area contributed by atoms with Crippen molar-refractivity contribution in [2.45, 2.75) is 31.5 Å². The van der Waals surface area contributed by atoms with Gasteiger partial charge in [-0.3, -0.25) is 0 Å². The zero-order valence-electron chi connectivity index (χ0n) is 14.4. The zero-order valence-corrected chi connectivity index (χ0v) is 14.4. The third kappa shape index (κ3) is 4.83. The fourth-order valence-electron chi connectivity index (χ4n) is 3.33. The van der Waals surface area contributed by atoms with Crippen molar-refractivity contribution in [3.63, 3.8) is 0 Å². The molecule has 1 heterocycles. The molecule has 3 heteroatoms. The SMILES string of the molecule is COC(CCN1CCC(Oc2ccccc2)CC1)c1ccccc1. The highest BCUT2D eigenvalue weighted by Crippen LogP contribution is 2.23. The monoisotopic (exact) mass is 325 g/mol.